The van der Waals surface area contributed by atoms with Crippen LogP contribution in [0.15, 0.2) is 66.1 Å². The van der Waals surface area contributed by atoms with Crippen LogP contribution in [0.1, 0.15) is 17.5 Å². The number of benzene rings is 2. The second kappa shape index (κ2) is 8.39. The van der Waals surface area contributed by atoms with Gasteiger partial charge in [0.1, 0.15) is 5.82 Å². The Hall–Kier alpha value is -2.93. The van der Waals surface area contributed by atoms with Gasteiger partial charge in [0.25, 0.3) is 0 Å². The van der Waals surface area contributed by atoms with E-state index in [0.29, 0.717) is 11.4 Å². The number of hydrogen-bond donors (Lipinski definition) is 1. The van der Waals surface area contributed by atoms with Gasteiger partial charge in [0.05, 0.1) is 11.8 Å². The highest BCUT2D eigenvalue weighted by Gasteiger charge is 2.18. The van der Waals surface area contributed by atoms with Crippen molar-refractivity contribution in [3.05, 3.63) is 77.9 Å². The average Bonchev–Trinajstić information content (AvgIpc) is 3.36. The number of rotatable bonds is 7. The molecule has 1 N–H and O–H groups in total. The molecule has 0 aliphatic rings. The summed E-state index contributed by atoms with van der Waals surface area (Å²) in [5.74, 6) is 1.09. The average molecular weight is 393 g/mol. The first-order valence-corrected chi connectivity index (χ1v) is 10.1. The van der Waals surface area contributed by atoms with Crippen LogP contribution in [-0.4, -0.2) is 30.7 Å². The lowest BCUT2D eigenvalue weighted by atomic mass is 10.2. The Morgan fingerprint density at radius 3 is 2.64 bits per heavy atom. The highest BCUT2D eigenvalue weighted by molar-refractivity contribution is 7.99. The molecule has 4 rings (SSSR count). The molecule has 0 aliphatic heterocycles. The summed E-state index contributed by atoms with van der Waals surface area (Å²) in [6.45, 7) is 2.04. The van der Waals surface area contributed by atoms with Crippen LogP contribution in [0.25, 0.3) is 17.1 Å². The molecule has 7 heteroatoms. The molecule has 0 unspecified atom stereocenters. The van der Waals surface area contributed by atoms with E-state index in [1.807, 2.05) is 54.2 Å². The van der Waals surface area contributed by atoms with E-state index in [1.54, 1.807) is 23.9 Å². The molecular formula is C21H20FN5S. The van der Waals surface area contributed by atoms with E-state index in [1.165, 1.54) is 17.2 Å². The van der Waals surface area contributed by atoms with E-state index < -0.39 is 0 Å². The Morgan fingerprint density at radius 2 is 1.89 bits per heavy atom. The summed E-state index contributed by atoms with van der Waals surface area (Å²) < 4.78 is 16.3. The number of nitrogens with one attached hydrogen (secondary N) is 1. The number of aromatic nitrogens is 5. The van der Waals surface area contributed by atoms with Crippen molar-refractivity contribution in [1.29, 1.82) is 0 Å². The van der Waals surface area contributed by atoms with Gasteiger partial charge in [-0.05, 0) is 49.6 Å². The van der Waals surface area contributed by atoms with Crippen LogP contribution in [-0.2, 0) is 6.42 Å². The predicted molar refractivity (Wildman–Crippen MR) is 109 cm³/mol. The Bertz CT molecular complexity index is 1040. The maximum atomic E-state index is 14.4. The monoisotopic (exact) mass is 393 g/mol. The van der Waals surface area contributed by atoms with E-state index in [2.05, 4.69) is 20.4 Å². The van der Waals surface area contributed by atoms with Crippen LogP contribution in [0.4, 0.5) is 4.39 Å². The van der Waals surface area contributed by atoms with Gasteiger partial charge in [-0.1, -0.05) is 41.6 Å². The van der Waals surface area contributed by atoms with E-state index in [-0.39, 0.29) is 5.82 Å². The SMILES string of the molecule is Cc1ccc(-n2c(SCCCc3cn[nH]c3)nnc2-c2ccccc2F)cc1. The van der Waals surface area contributed by atoms with Crippen LogP contribution in [0.2, 0.25) is 0 Å². The zero-order chi connectivity index (χ0) is 19.3. The molecule has 2 aromatic carbocycles. The highest BCUT2D eigenvalue weighted by Crippen LogP contribution is 2.29. The predicted octanol–water partition coefficient (Wildman–Crippen LogP) is 4.83. The summed E-state index contributed by atoms with van der Waals surface area (Å²) >= 11 is 1.63. The smallest absolute Gasteiger partial charge is 0.196 e. The third-order valence-corrected chi connectivity index (χ3v) is 5.45. The molecule has 0 saturated carbocycles. The van der Waals surface area contributed by atoms with Crippen molar-refractivity contribution in [2.45, 2.75) is 24.9 Å². The quantitative estimate of drug-likeness (QED) is 0.361. The fourth-order valence-corrected chi connectivity index (χ4v) is 3.85. The van der Waals surface area contributed by atoms with E-state index in [4.69, 9.17) is 0 Å². The lowest BCUT2D eigenvalue weighted by molar-refractivity contribution is 0.629. The minimum Gasteiger partial charge on any atom is -0.285 e. The number of nitrogens with zero attached hydrogens (tertiary/aromatic N) is 4. The molecular weight excluding hydrogens is 373 g/mol. The molecule has 0 fully saturated rings. The van der Waals surface area contributed by atoms with Crippen molar-refractivity contribution in [3.63, 3.8) is 0 Å². The fraction of sp³-hybridized carbons (Fsp3) is 0.190. The van der Waals surface area contributed by atoms with E-state index in [0.717, 1.165) is 29.4 Å². The third kappa shape index (κ3) is 3.99. The first kappa shape index (κ1) is 18.4. The minimum atomic E-state index is -0.306. The van der Waals surface area contributed by atoms with Crippen molar-refractivity contribution in [2.24, 2.45) is 0 Å². The lowest BCUT2D eigenvalue weighted by Crippen LogP contribution is -2.01. The highest BCUT2D eigenvalue weighted by atomic mass is 32.2. The summed E-state index contributed by atoms with van der Waals surface area (Å²) in [4.78, 5) is 0. The van der Waals surface area contributed by atoms with E-state index in [9.17, 15) is 4.39 Å². The molecule has 28 heavy (non-hydrogen) atoms. The maximum Gasteiger partial charge on any atom is 0.196 e. The van der Waals surface area contributed by atoms with Crippen molar-refractivity contribution in [3.8, 4) is 17.1 Å². The molecule has 4 aromatic rings. The van der Waals surface area contributed by atoms with Gasteiger partial charge >= 0.3 is 0 Å². The molecule has 0 aliphatic carbocycles. The maximum absolute atomic E-state index is 14.4. The normalized spacial score (nSPS) is 11.1. The Labute approximate surface area is 167 Å². The van der Waals surface area contributed by atoms with Crippen LogP contribution in [0.5, 0.6) is 0 Å². The third-order valence-electron chi connectivity index (χ3n) is 4.44. The van der Waals surface area contributed by atoms with Crippen LogP contribution >= 0.6 is 11.8 Å². The molecule has 2 heterocycles. The summed E-state index contributed by atoms with van der Waals surface area (Å²) in [6.07, 6.45) is 5.69. The van der Waals surface area contributed by atoms with Gasteiger partial charge in [0.15, 0.2) is 11.0 Å². The van der Waals surface area contributed by atoms with Gasteiger partial charge < -0.3 is 0 Å². The zero-order valence-corrected chi connectivity index (χ0v) is 16.3. The summed E-state index contributed by atoms with van der Waals surface area (Å²) in [5, 5.41) is 16.2. The number of aryl methyl sites for hydroxylation is 2. The Kier molecular flexibility index (Phi) is 5.53. The fourth-order valence-electron chi connectivity index (χ4n) is 2.96. The molecule has 5 nitrogen and oxygen atoms in total. The van der Waals surface area contributed by atoms with E-state index >= 15 is 0 Å². The number of aromatic amines is 1. The first-order valence-electron chi connectivity index (χ1n) is 9.10. The van der Waals surface area contributed by atoms with Crippen molar-refractivity contribution < 1.29 is 4.39 Å². The van der Waals surface area contributed by atoms with Gasteiger partial charge in [-0.2, -0.15) is 5.10 Å². The van der Waals surface area contributed by atoms with Gasteiger partial charge in [0, 0.05) is 17.6 Å². The Morgan fingerprint density at radius 1 is 1.07 bits per heavy atom. The van der Waals surface area contributed by atoms with Crippen LogP contribution in [0.3, 0.4) is 0 Å². The number of hydrogen-bond acceptors (Lipinski definition) is 4. The number of H-pyrrole nitrogens is 1. The summed E-state index contributed by atoms with van der Waals surface area (Å²) in [7, 11) is 0. The minimum absolute atomic E-state index is 0.306. The molecule has 142 valence electrons. The summed E-state index contributed by atoms with van der Waals surface area (Å²) in [6, 6.07) is 14.8. The topological polar surface area (TPSA) is 59.4 Å². The van der Waals surface area contributed by atoms with Crippen molar-refractivity contribution >= 4 is 11.8 Å². The largest absolute Gasteiger partial charge is 0.285 e. The standard InChI is InChI=1S/C21H20FN5S/c1-15-8-10-17(11-9-15)27-20(18-6-2-3-7-19(18)22)25-26-21(27)28-12-4-5-16-13-23-24-14-16/h2-3,6-11,13-14H,4-5,12H2,1H3,(H,23,24). The zero-order valence-electron chi connectivity index (χ0n) is 15.5. The molecule has 0 bridgehead atoms. The molecule has 0 atom stereocenters. The van der Waals surface area contributed by atoms with Crippen LogP contribution < -0.4 is 0 Å². The van der Waals surface area contributed by atoms with Crippen molar-refractivity contribution in [1.82, 2.24) is 25.0 Å². The van der Waals surface area contributed by atoms with Gasteiger partial charge in [-0.25, -0.2) is 4.39 Å². The van der Waals surface area contributed by atoms with Gasteiger partial charge in [0.2, 0.25) is 0 Å². The molecule has 0 radical (unpaired) electrons. The number of halogens is 1. The lowest BCUT2D eigenvalue weighted by Gasteiger charge is -2.11. The second-order valence-electron chi connectivity index (χ2n) is 6.52. The molecule has 0 saturated heterocycles. The second-order valence-corrected chi connectivity index (χ2v) is 7.58. The number of thioether (sulfide) groups is 1. The molecule has 0 spiro atoms. The van der Waals surface area contributed by atoms with Crippen molar-refractivity contribution in [2.75, 3.05) is 5.75 Å². The summed E-state index contributed by atoms with van der Waals surface area (Å²) in [5.41, 5.74) is 3.72. The van der Waals surface area contributed by atoms with Gasteiger partial charge in [-0.3, -0.25) is 9.67 Å². The van der Waals surface area contributed by atoms with Crippen LogP contribution in [0, 0.1) is 12.7 Å². The Balaban J connectivity index is 1.62. The molecule has 2 aromatic heterocycles. The molecule has 0 amide bonds. The van der Waals surface area contributed by atoms with Gasteiger partial charge in [-0.15, -0.1) is 10.2 Å². The first-order chi connectivity index (χ1) is 13.7.